The molecule has 1 aliphatic carbocycles. The maximum atomic E-state index is 12.3. The number of benzene rings is 2. The van der Waals surface area contributed by atoms with Crippen LogP contribution in [0.4, 0.5) is 5.69 Å². The average molecular weight is 411 g/mol. The minimum Gasteiger partial charge on any atom is -0.349 e. The Morgan fingerprint density at radius 3 is 2.59 bits per heavy atom. The molecule has 2 aromatic rings. The van der Waals surface area contributed by atoms with Gasteiger partial charge in [0.05, 0.1) is 11.8 Å². The van der Waals surface area contributed by atoms with E-state index in [-0.39, 0.29) is 17.9 Å². The fourth-order valence-electron chi connectivity index (χ4n) is 3.85. The first-order valence-electron chi connectivity index (χ1n) is 10.4. The first kappa shape index (κ1) is 21.4. The first-order valence-corrected chi connectivity index (χ1v) is 11.5. The number of carbonyl (C=O) groups is 2. The highest BCUT2D eigenvalue weighted by molar-refractivity contribution is 7.99. The summed E-state index contributed by atoms with van der Waals surface area (Å²) in [6.07, 6.45) is 4.46. The second kappa shape index (κ2) is 10.5. The van der Waals surface area contributed by atoms with Crippen LogP contribution >= 0.6 is 11.8 Å². The van der Waals surface area contributed by atoms with Crippen molar-refractivity contribution >= 4 is 29.3 Å². The van der Waals surface area contributed by atoms with Gasteiger partial charge in [0.1, 0.15) is 0 Å². The number of hydrogen-bond donors (Lipinski definition) is 2. The molecular formula is C24H30N2O2S. The van der Waals surface area contributed by atoms with E-state index >= 15 is 0 Å². The van der Waals surface area contributed by atoms with Crippen LogP contribution in [0.15, 0.2) is 42.5 Å². The molecular weight excluding hydrogens is 380 g/mol. The highest BCUT2D eigenvalue weighted by atomic mass is 32.2. The number of hydrogen-bond acceptors (Lipinski definition) is 3. The van der Waals surface area contributed by atoms with Gasteiger partial charge in [-0.1, -0.05) is 42.5 Å². The molecule has 4 nitrogen and oxygen atoms in total. The molecule has 0 radical (unpaired) electrons. The van der Waals surface area contributed by atoms with Gasteiger partial charge in [0.25, 0.3) is 0 Å². The van der Waals surface area contributed by atoms with E-state index in [0.717, 1.165) is 48.3 Å². The van der Waals surface area contributed by atoms with Crippen molar-refractivity contribution in [3.63, 3.8) is 0 Å². The molecule has 1 unspecified atom stereocenters. The average Bonchev–Trinajstić information content (AvgIpc) is 2.71. The number of carbonyl (C=O) groups excluding carboxylic acids is 2. The van der Waals surface area contributed by atoms with E-state index in [0.29, 0.717) is 12.2 Å². The molecule has 1 atom stereocenters. The topological polar surface area (TPSA) is 58.2 Å². The number of fused-ring (bicyclic) bond motifs is 1. The minimum atomic E-state index is 0.0336. The second-order valence-corrected chi connectivity index (χ2v) is 8.79. The standard InChI is InChI=1S/C24H30N2O2S/c1-17-8-5-9-18(2)24(17)26-22(27)14-7-15-29-16-23(28)25-21-13-6-11-19-10-3-4-12-20(19)21/h3-5,8-10,12,21H,6-7,11,13-16H2,1-2H3,(H,25,28)(H,26,27). The van der Waals surface area contributed by atoms with E-state index < -0.39 is 0 Å². The Labute approximate surface area is 177 Å². The normalized spacial score (nSPS) is 15.4. The predicted molar refractivity (Wildman–Crippen MR) is 121 cm³/mol. The van der Waals surface area contributed by atoms with Crippen molar-refractivity contribution in [3.05, 3.63) is 64.7 Å². The molecule has 5 heteroatoms. The van der Waals surface area contributed by atoms with E-state index in [4.69, 9.17) is 0 Å². The fourth-order valence-corrected chi connectivity index (χ4v) is 4.61. The third-order valence-corrected chi connectivity index (χ3v) is 6.42. The highest BCUT2D eigenvalue weighted by Crippen LogP contribution is 2.29. The lowest BCUT2D eigenvalue weighted by Gasteiger charge is -2.26. The lowest BCUT2D eigenvalue weighted by atomic mass is 9.88. The van der Waals surface area contributed by atoms with Crippen LogP contribution in [0.2, 0.25) is 0 Å². The van der Waals surface area contributed by atoms with Crippen LogP contribution in [0.5, 0.6) is 0 Å². The van der Waals surface area contributed by atoms with Crippen LogP contribution < -0.4 is 10.6 Å². The van der Waals surface area contributed by atoms with Crippen molar-refractivity contribution in [3.8, 4) is 0 Å². The summed E-state index contributed by atoms with van der Waals surface area (Å²) in [5, 5.41) is 6.20. The minimum absolute atomic E-state index is 0.0336. The van der Waals surface area contributed by atoms with Gasteiger partial charge in [0.2, 0.25) is 11.8 Å². The van der Waals surface area contributed by atoms with Crippen LogP contribution in [0.1, 0.15) is 54.0 Å². The van der Waals surface area contributed by atoms with Gasteiger partial charge in [0, 0.05) is 12.1 Å². The molecule has 0 aromatic heterocycles. The molecule has 2 amide bonds. The molecule has 3 rings (SSSR count). The van der Waals surface area contributed by atoms with Crippen LogP contribution in [0.25, 0.3) is 0 Å². The summed E-state index contributed by atoms with van der Waals surface area (Å²) < 4.78 is 0. The molecule has 1 aliphatic rings. The first-order chi connectivity index (χ1) is 14.0. The number of amides is 2. The predicted octanol–water partition coefficient (Wildman–Crippen LogP) is 4.95. The molecule has 0 heterocycles. The number of nitrogens with one attached hydrogen (secondary N) is 2. The molecule has 2 N–H and O–H groups in total. The van der Waals surface area contributed by atoms with Crippen molar-refractivity contribution in [1.29, 1.82) is 0 Å². The van der Waals surface area contributed by atoms with E-state index in [2.05, 4.69) is 28.8 Å². The number of rotatable bonds is 8. The zero-order valence-electron chi connectivity index (χ0n) is 17.3. The summed E-state index contributed by atoms with van der Waals surface area (Å²) in [4.78, 5) is 24.5. The Morgan fingerprint density at radius 1 is 1.03 bits per heavy atom. The van der Waals surface area contributed by atoms with Crippen molar-refractivity contribution in [2.24, 2.45) is 0 Å². The van der Waals surface area contributed by atoms with Crippen molar-refractivity contribution in [2.45, 2.75) is 52.0 Å². The molecule has 154 valence electrons. The molecule has 0 saturated heterocycles. The fraction of sp³-hybridized carbons (Fsp3) is 0.417. The molecule has 29 heavy (non-hydrogen) atoms. The van der Waals surface area contributed by atoms with Gasteiger partial charge in [-0.15, -0.1) is 0 Å². The van der Waals surface area contributed by atoms with Crippen molar-refractivity contribution in [2.75, 3.05) is 16.8 Å². The summed E-state index contributed by atoms with van der Waals surface area (Å²) in [5.74, 6) is 1.36. The van der Waals surface area contributed by atoms with Crippen LogP contribution in [-0.4, -0.2) is 23.3 Å². The van der Waals surface area contributed by atoms with Gasteiger partial charge in [-0.2, -0.15) is 11.8 Å². The second-order valence-electron chi connectivity index (χ2n) is 7.68. The Morgan fingerprint density at radius 2 is 1.79 bits per heavy atom. The maximum Gasteiger partial charge on any atom is 0.230 e. The number of anilines is 1. The van der Waals surface area contributed by atoms with Gasteiger partial charge in [-0.25, -0.2) is 0 Å². The van der Waals surface area contributed by atoms with Gasteiger partial charge >= 0.3 is 0 Å². The van der Waals surface area contributed by atoms with Crippen LogP contribution in [0, 0.1) is 13.8 Å². The molecule has 0 bridgehead atoms. The summed E-state index contributed by atoms with van der Waals surface area (Å²) in [6.45, 7) is 4.00. The molecule has 0 aliphatic heterocycles. The summed E-state index contributed by atoms with van der Waals surface area (Å²) in [7, 11) is 0. The SMILES string of the molecule is Cc1cccc(C)c1NC(=O)CCCSCC(=O)NC1CCCc2ccccc21. The Kier molecular flexibility index (Phi) is 7.76. The Hall–Kier alpha value is -2.27. The molecule has 2 aromatic carbocycles. The lowest BCUT2D eigenvalue weighted by molar-refractivity contribution is -0.119. The van der Waals surface area contributed by atoms with E-state index in [1.807, 2.05) is 38.1 Å². The van der Waals surface area contributed by atoms with Crippen molar-refractivity contribution < 1.29 is 9.59 Å². The Bertz CT molecular complexity index is 845. The zero-order chi connectivity index (χ0) is 20.6. The Balaban J connectivity index is 1.35. The van der Waals surface area contributed by atoms with E-state index in [1.54, 1.807) is 11.8 Å². The lowest BCUT2D eigenvalue weighted by Crippen LogP contribution is -2.32. The van der Waals surface area contributed by atoms with E-state index in [9.17, 15) is 9.59 Å². The van der Waals surface area contributed by atoms with Crippen molar-refractivity contribution in [1.82, 2.24) is 5.32 Å². The monoisotopic (exact) mass is 410 g/mol. The third-order valence-electron chi connectivity index (χ3n) is 5.38. The maximum absolute atomic E-state index is 12.3. The summed E-state index contributed by atoms with van der Waals surface area (Å²) >= 11 is 1.59. The van der Waals surface area contributed by atoms with Crippen LogP contribution in [-0.2, 0) is 16.0 Å². The van der Waals surface area contributed by atoms with E-state index in [1.165, 1.54) is 11.1 Å². The largest absolute Gasteiger partial charge is 0.349 e. The number of thioether (sulfide) groups is 1. The quantitative estimate of drug-likeness (QED) is 0.606. The van der Waals surface area contributed by atoms with Gasteiger partial charge in [-0.3, -0.25) is 9.59 Å². The summed E-state index contributed by atoms with van der Waals surface area (Å²) in [6, 6.07) is 14.5. The molecule has 0 saturated carbocycles. The number of para-hydroxylation sites is 1. The zero-order valence-corrected chi connectivity index (χ0v) is 18.1. The third kappa shape index (κ3) is 6.10. The smallest absolute Gasteiger partial charge is 0.230 e. The molecule has 0 spiro atoms. The van der Waals surface area contributed by atoms with Gasteiger partial charge in [-0.05, 0) is 67.5 Å². The number of aryl methyl sites for hydroxylation is 3. The van der Waals surface area contributed by atoms with Crippen LogP contribution in [0.3, 0.4) is 0 Å². The summed E-state index contributed by atoms with van der Waals surface area (Å²) in [5.41, 5.74) is 5.69. The highest BCUT2D eigenvalue weighted by Gasteiger charge is 2.21. The molecule has 0 fully saturated rings. The van der Waals surface area contributed by atoms with Gasteiger partial charge < -0.3 is 10.6 Å². The van der Waals surface area contributed by atoms with Gasteiger partial charge in [0.15, 0.2) is 0 Å².